The van der Waals surface area contributed by atoms with Crippen molar-refractivity contribution in [2.24, 2.45) is 0 Å². The van der Waals surface area contributed by atoms with Crippen LogP contribution in [0.25, 0.3) is 0 Å². The average Bonchev–Trinajstić information content (AvgIpc) is 3.13. The second-order valence-electron chi connectivity index (χ2n) is 6.92. The standard InChI is InChI=1S/C19H26FN3O2S/c1-4-22-11-5-6-16(22)12-23-14(3)13(2)18(19(23)21)26(24,25)17-9-7-15(20)8-10-17/h7-10,16H,4-6,11-12,21H2,1-3H3/t16-/m0/s1. The first-order valence-electron chi connectivity index (χ1n) is 8.97. The van der Waals surface area contributed by atoms with Crippen LogP contribution in [-0.2, 0) is 16.4 Å². The summed E-state index contributed by atoms with van der Waals surface area (Å²) in [6, 6.07) is 5.24. The van der Waals surface area contributed by atoms with Crippen LogP contribution in [0.4, 0.5) is 10.2 Å². The lowest BCUT2D eigenvalue weighted by Crippen LogP contribution is -2.33. The van der Waals surface area contributed by atoms with Crippen molar-refractivity contribution in [3.8, 4) is 0 Å². The van der Waals surface area contributed by atoms with Gasteiger partial charge in [-0.2, -0.15) is 0 Å². The van der Waals surface area contributed by atoms with E-state index in [2.05, 4.69) is 11.8 Å². The number of hydrogen-bond donors (Lipinski definition) is 1. The molecule has 2 N–H and O–H groups in total. The molecule has 1 fully saturated rings. The third-order valence-electron chi connectivity index (χ3n) is 5.50. The van der Waals surface area contributed by atoms with Gasteiger partial charge in [-0.15, -0.1) is 0 Å². The molecule has 0 saturated carbocycles. The van der Waals surface area contributed by atoms with Gasteiger partial charge >= 0.3 is 0 Å². The summed E-state index contributed by atoms with van der Waals surface area (Å²) in [5.74, 6) is -0.199. The zero-order valence-corrected chi connectivity index (χ0v) is 16.3. The van der Waals surface area contributed by atoms with Gasteiger partial charge in [0.15, 0.2) is 0 Å². The molecule has 1 aromatic carbocycles. The van der Waals surface area contributed by atoms with E-state index < -0.39 is 15.7 Å². The molecule has 0 spiro atoms. The fraction of sp³-hybridized carbons (Fsp3) is 0.474. The Morgan fingerprint density at radius 3 is 2.50 bits per heavy atom. The van der Waals surface area contributed by atoms with Gasteiger partial charge < -0.3 is 10.3 Å². The topological polar surface area (TPSA) is 68.3 Å². The number of rotatable bonds is 5. The number of likely N-dealkylation sites (tertiary alicyclic amines) is 1. The Morgan fingerprint density at radius 2 is 1.88 bits per heavy atom. The Morgan fingerprint density at radius 1 is 1.23 bits per heavy atom. The fourth-order valence-electron chi connectivity index (χ4n) is 3.90. The minimum atomic E-state index is -3.80. The van der Waals surface area contributed by atoms with Crippen molar-refractivity contribution in [2.75, 3.05) is 18.8 Å². The van der Waals surface area contributed by atoms with Gasteiger partial charge in [-0.1, -0.05) is 6.92 Å². The van der Waals surface area contributed by atoms with Crippen LogP contribution in [0.15, 0.2) is 34.1 Å². The second-order valence-corrected chi connectivity index (χ2v) is 8.80. The SMILES string of the molecule is CCN1CCC[C@H]1Cn1c(C)c(C)c(S(=O)(=O)c2ccc(F)cc2)c1N. The number of benzene rings is 1. The highest BCUT2D eigenvalue weighted by Gasteiger charge is 2.30. The smallest absolute Gasteiger partial charge is 0.210 e. The molecule has 1 aliphatic rings. The number of halogens is 1. The molecule has 0 unspecified atom stereocenters. The molecule has 7 heteroatoms. The summed E-state index contributed by atoms with van der Waals surface area (Å²) in [6.45, 7) is 8.56. The number of sulfone groups is 1. The van der Waals surface area contributed by atoms with E-state index in [1.54, 1.807) is 6.92 Å². The molecular weight excluding hydrogens is 353 g/mol. The van der Waals surface area contributed by atoms with Crippen molar-refractivity contribution in [3.05, 3.63) is 41.3 Å². The zero-order chi connectivity index (χ0) is 19.1. The van der Waals surface area contributed by atoms with E-state index in [-0.39, 0.29) is 15.6 Å². The maximum Gasteiger partial charge on any atom is 0.210 e. The molecule has 1 saturated heterocycles. The first kappa shape index (κ1) is 18.9. The van der Waals surface area contributed by atoms with Crippen molar-refractivity contribution in [3.63, 3.8) is 0 Å². The van der Waals surface area contributed by atoms with Crippen molar-refractivity contribution >= 4 is 15.7 Å². The molecule has 0 bridgehead atoms. The lowest BCUT2D eigenvalue weighted by Gasteiger charge is -2.24. The summed E-state index contributed by atoms with van der Waals surface area (Å²) in [6.07, 6.45) is 2.24. The number of anilines is 1. The molecule has 142 valence electrons. The van der Waals surface area contributed by atoms with E-state index in [0.29, 0.717) is 18.2 Å². The minimum Gasteiger partial charge on any atom is -0.384 e. The summed E-state index contributed by atoms with van der Waals surface area (Å²) in [4.78, 5) is 2.60. The number of nitrogens with zero attached hydrogens (tertiary/aromatic N) is 2. The van der Waals surface area contributed by atoms with Crippen LogP contribution in [0.3, 0.4) is 0 Å². The lowest BCUT2D eigenvalue weighted by molar-refractivity contribution is 0.244. The number of nitrogen functional groups attached to an aromatic ring is 1. The van der Waals surface area contributed by atoms with Gasteiger partial charge in [-0.05, 0) is 69.6 Å². The summed E-state index contributed by atoms with van der Waals surface area (Å²) < 4.78 is 41.3. The first-order chi connectivity index (χ1) is 12.3. The van der Waals surface area contributed by atoms with Gasteiger partial charge in [0.1, 0.15) is 16.5 Å². The van der Waals surface area contributed by atoms with Crippen LogP contribution in [0.2, 0.25) is 0 Å². The average molecular weight is 380 g/mol. The van der Waals surface area contributed by atoms with Crippen molar-refractivity contribution in [1.29, 1.82) is 0 Å². The third kappa shape index (κ3) is 3.14. The lowest BCUT2D eigenvalue weighted by atomic mass is 10.2. The van der Waals surface area contributed by atoms with E-state index in [0.717, 1.165) is 43.8 Å². The summed E-state index contributed by atoms with van der Waals surface area (Å²) in [5.41, 5.74) is 7.84. The largest absolute Gasteiger partial charge is 0.384 e. The number of likely N-dealkylation sites (N-methyl/N-ethyl adjacent to an activating group) is 1. The van der Waals surface area contributed by atoms with Crippen LogP contribution >= 0.6 is 0 Å². The van der Waals surface area contributed by atoms with Gasteiger partial charge in [-0.3, -0.25) is 4.90 Å². The molecule has 0 aliphatic carbocycles. The third-order valence-corrected chi connectivity index (χ3v) is 7.45. The van der Waals surface area contributed by atoms with E-state index in [1.165, 1.54) is 12.1 Å². The Balaban J connectivity index is 2.03. The Hall–Kier alpha value is -1.86. The van der Waals surface area contributed by atoms with Gasteiger partial charge in [0.2, 0.25) is 9.84 Å². The van der Waals surface area contributed by atoms with E-state index in [1.807, 2.05) is 11.5 Å². The molecule has 26 heavy (non-hydrogen) atoms. The highest BCUT2D eigenvalue weighted by Crippen LogP contribution is 2.34. The van der Waals surface area contributed by atoms with Crippen LogP contribution in [0.5, 0.6) is 0 Å². The molecule has 5 nitrogen and oxygen atoms in total. The summed E-state index contributed by atoms with van der Waals surface area (Å²) >= 11 is 0. The molecule has 2 aromatic rings. The molecule has 1 aromatic heterocycles. The summed E-state index contributed by atoms with van der Waals surface area (Å²) in [7, 11) is -3.80. The predicted octanol–water partition coefficient (Wildman–Crippen LogP) is 3.14. The first-order valence-corrected chi connectivity index (χ1v) is 10.5. The Labute approximate surface area is 154 Å². The van der Waals surface area contributed by atoms with E-state index in [4.69, 9.17) is 5.73 Å². The van der Waals surface area contributed by atoms with Gasteiger partial charge in [0, 0.05) is 18.3 Å². The zero-order valence-electron chi connectivity index (χ0n) is 15.5. The molecule has 1 atom stereocenters. The quantitative estimate of drug-likeness (QED) is 0.811. The fourth-order valence-corrected chi connectivity index (χ4v) is 5.56. The maximum absolute atomic E-state index is 13.2. The number of aromatic nitrogens is 1. The minimum absolute atomic E-state index is 0.0573. The molecule has 0 amide bonds. The van der Waals surface area contributed by atoms with Crippen molar-refractivity contribution in [1.82, 2.24) is 9.47 Å². The van der Waals surface area contributed by atoms with E-state index >= 15 is 0 Å². The van der Waals surface area contributed by atoms with Gasteiger partial charge in [-0.25, -0.2) is 12.8 Å². The highest BCUT2D eigenvalue weighted by atomic mass is 32.2. The molecule has 0 radical (unpaired) electrons. The van der Waals surface area contributed by atoms with Gasteiger partial charge in [0.05, 0.1) is 4.90 Å². The Bertz CT molecular complexity index is 904. The molecule has 2 heterocycles. The highest BCUT2D eigenvalue weighted by molar-refractivity contribution is 7.91. The Kier molecular flexibility index (Phi) is 5.12. The second kappa shape index (κ2) is 7.04. The van der Waals surface area contributed by atoms with E-state index in [9.17, 15) is 12.8 Å². The maximum atomic E-state index is 13.2. The molecule has 3 rings (SSSR count). The van der Waals surface area contributed by atoms with Crippen LogP contribution in [-0.4, -0.2) is 37.0 Å². The predicted molar refractivity (Wildman–Crippen MR) is 100 cm³/mol. The number of hydrogen-bond acceptors (Lipinski definition) is 4. The van der Waals surface area contributed by atoms with Crippen molar-refractivity contribution < 1.29 is 12.8 Å². The monoisotopic (exact) mass is 379 g/mol. The van der Waals surface area contributed by atoms with Crippen LogP contribution in [0, 0.1) is 19.7 Å². The van der Waals surface area contributed by atoms with Crippen LogP contribution < -0.4 is 5.73 Å². The molecule has 1 aliphatic heterocycles. The summed E-state index contributed by atoms with van der Waals surface area (Å²) in [5, 5.41) is 0. The number of nitrogens with two attached hydrogens (primary N) is 1. The van der Waals surface area contributed by atoms with Crippen LogP contribution in [0.1, 0.15) is 31.0 Å². The van der Waals surface area contributed by atoms with Gasteiger partial charge in [0.25, 0.3) is 0 Å². The molecular formula is C19H26FN3O2S. The van der Waals surface area contributed by atoms with Crippen molar-refractivity contribution in [2.45, 2.75) is 56.0 Å². The normalized spacial score (nSPS) is 18.5.